The van der Waals surface area contributed by atoms with E-state index in [1.165, 1.54) is 11.3 Å². The molecule has 1 aliphatic rings. The maximum Gasteiger partial charge on any atom is 0.0594 e. The normalized spacial score (nSPS) is 18.6. The molecule has 4 nitrogen and oxygen atoms in total. The number of rotatable bonds is 4. The molecule has 0 saturated carbocycles. The summed E-state index contributed by atoms with van der Waals surface area (Å²) in [5.74, 6) is 0. The van der Waals surface area contributed by atoms with Crippen LogP contribution in [0.1, 0.15) is 11.6 Å². The van der Waals surface area contributed by atoms with Crippen molar-refractivity contribution in [3.63, 3.8) is 0 Å². The van der Waals surface area contributed by atoms with Crippen molar-refractivity contribution in [2.75, 3.05) is 51.8 Å². The number of anilines is 1. The second-order valence-electron chi connectivity index (χ2n) is 4.89. The van der Waals surface area contributed by atoms with Crippen LogP contribution in [0.4, 0.5) is 5.69 Å². The molecule has 1 saturated heterocycles. The van der Waals surface area contributed by atoms with Crippen LogP contribution in [0.5, 0.6) is 0 Å². The van der Waals surface area contributed by atoms with Crippen molar-refractivity contribution < 1.29 is 4.74 Å². The minimum absolute atomic E-state index is 0.310. The molecular formula is C14H23N3O. The number of benzene rings is 1. The molecule has 2 rings (SSSR count). The summed E-state index contributed by atoms with van der Waals surface area (Å²) in [5, 5.41) is 0. The van der Waals surface area contributed by atoms with E-state index >= 15 is 0 Å². The molecule has 1 heterocycles. The summed E-state index contributed by atoms with van der Waals surface area (Å²) < 4.78 is 5.39. The average molecular weight is 249 g/mol. The van der Waals surface area contributed by atoms with Crippen LogP contribution >= 0.6 is 0 Å². The van der Waals surface area contributed by atoms with Crippen LogP contribution in [0.25, 0.3) is 0 Å². The SMILES string of the molecule is CN(C)c1ccc(C(CN)N2CCOCC2)cc1. The fourth-order valence-electron chi connectivity index (χ4n) is 2.38. The van der Waals surface area contributed by atoms with Gasteiger partial charge in [0, 0.05) is 45.5 Å². The zero-order valence-corrected chi connectivity index (χ0v) is 11.3. The van der Waals surface area contributed by atoms with E-state index < -0.39 is 0 Å². The Balaban J connectivity index is 2.11. The van der Waals surface area contributed by atoms with Crippen molar-refractivity contribution in [3.05, 3.63) is 29.8 Å². The molecule has 1 fully saturated rings. The summed E-state index contributed by atoms with van der Waals surface area (Å²) >= 11 is 0. The molecule has 4 heteroatoms. The van der Waals surface area contributed by atoms with E-state index in [1.54, 1.807) is 0 Å². The zero-order valence-electron chi connectivity index (χ0n) is 11.3. The maximum absolute atomic E-state index is 5.94. The van der Waals surface area contributed by atoms with Crippen LogP contribution in [0.2, 0.25) is 0 Å². The van der Waals surface area contributed by atoms with Crippen LogP contribution in [-0.4, -0.2) is 51.8 Å². The lowest BCUT2D eigenvalue weighted by atomic mass is 10.0. The van der Waals surface area contributed by atoms with Crippen molar-refractivity contribution in [2.45, 2.75) is 6.04 Å². The fraction of sp³-hybridized carbons (Fsp3) is 0.571. The summed E-state index contributed by atoms with van der Waals surface area (Å²) in [5.41, 5.74) is 8.46. The van der Waals surface area contributed by atoms with Gasteiger partial charge in [0.15, 0.2) is 0 Å². The van der Waals surface area contributed by atoms with Gasteiger partial charge in [-0.25, -0.2) is 0 Å². The quantitative estimate of drug-likeness (QED) is 0.867. The van der Waals surface area contributed by atoms with Crippen molar-refractivity contribution >= 4 is 5.69 Å². The van der Waals surface area contributed by atoms with E-state index in [2.05, 4.69) is 48.2 Å². The molecule has 0 bridgehead atoms. The van der Waals surface area contributed by atoms with E-state index in [1.807, 2.05) is 0 Å². The lowest BCUT2D eigenvalue weighted by Crippen LogP contribution is -2.41. The van der Waals surface area contributed by atoms with Gasteiger partial charge in [0.1, 0.15) is 0 Å². The van der Waals surface area contributed by atoms with Gasteiger partial charge in [0.25, 0.3) is 0 Å². The molecule has 18 heavy (non-hydrogen) atoms. The minimum Gasteiger partial charge on any atom is -0.379 e. The van der Waals surface area contributed by atoms with Gasteiger partial charge in [0.2, 0.25) is 0 Å². The Bertz CT molecular complexity index is 358. The highest BCUT2D eigenvalue weighted by atomic mass is 16.5. The molecule has 2 N–H and O–H groups in total. The topological polar surface area (TPSA) is 41.7 Å². The summed E-state index contributed by atoms with van der Waals surface area (Å²) in [7, 11) is 4.11. The molecule has 0 amide bonds. The minimum atomic E-state index is 0.310. The van der Waals surface area contributed by atoms with Crippen LogP contribution in [0, 0.1) is 0 Å². The third-order valence-electron chi connectivity index (χ3n) is 3.50. The van der Waals surface area contributed by atoms with E-state index in [9.17, 15) is 0 Å². The van der Waals surface area contributed by atoms with Crippen LogP contribution < -0.4 is 10.6 Å². The van der Waals surface area contributed by atoms with E-state index in [-0.39, 0.29) is 0 Å². The molecular weight excluding hydrogens is 226 g/mol. The van der Waals surface area contributed by atoms with Crippen molar-refractivity contribution in [1.82, 2.24) is 4.90 Å². The largest absolute Gasteiger partial charge is 0.379 e. The summed E-state index contributed by atoms with van der Waals surface area (Å²) in [6.07, 6.45) is 0. The zero-order chi connectivity index (χ0) is 13.0. The standard InChI is InChI=1S/C14H23N3O/c1-16(2)13-5-3-12(4-6-13)14(11-15)17-7-9-18-10-8-17/h3-6,14H,7-11,15H2,1-2H3. The monoisotopic (exact) mass is 249 g/mol. The van der Waals surface area contributed by atoms with Gasteiger partial charge in [-0.15, -0.1) is 0 Å². The fourth-order valence-corrected chi connectivity index (χ4v) is 2.38. The molecule has 1 aliphatic heterocycles. The first kappa shape index (κ1) is 13.3. The van der Waals surface area contributed by atoms with Crippen LogP contribution in [0.3, 0.4) is 0 Å². The average Bonchev–Trinajstić information content (AvgIpc) is 2.41. The van der Waals surface area contributed by atoms with Gasteiger partial charge in [-0.05, 0) is 17.7 Å². The number of ether oxygens (including phenoxy) is 1. The summed E-state index contributed by atoms with van der Waals surface area (Å²) in [4.78, 5) is 4.52. The predicted octanol–water partition coefficient (Wildman–Crippen LogP) is 1.08. The number of morpholine rings is 1. The Labute approximate surface area is 109 Å². The Kier molecular flexibility index (Phi) is 4.58. The van der Waals surface area contributed by atoms with Crippen LogP contribution in [-0.2, 0) is 4.74 Å². The first-order valence-electron chi connectivity index (χ1n) is 6.51. The second kappa shape index (κ2) is 6.18. The molecule has 0 aliphatic carbocycles. The third-order valence-corrected chi connectivity index (χ3v) is 3.50. The lowest BCUT2D eigenvalue weighted by Gasteiger charge is -2.34. The Morgan fingerprint density at radius 1 is 1.22 bits per heavy atom. The van der Waals surface area contributed by atoms with E-state index in [4.69, 9.17) is 10.5 Å². The molecule has 1 aromatic rings. The van der Waals surface area contributed by atoms with Gasteiger partial charge in [-0.1, -0.05) is 12.1 Å². The smallest absolute Gasteiger partial charge is 0.0594 e. The first-order chi connectivity index (χ1) is 8.72. The number of nitrogens with zero attached hydrogens (tertiary/aromatic N) is 2. The maximum atomic E-state index is 5.94. The molecule has 100 valence electrons. The highest BCUT2D eigenvalue weighted by Crippen LogP contribution is 2.23. The molecule has 0 radical (unpaired) electrons. The number of hydrogen-bond donors (Lipinski definition) is 1. The van der Waals surface area contributed by atoms with Gasteiger partial charge in [-0.3, -0.25) is 4.90 Å². The third kappa shape index (κ3) is 3.02. The van der Waals surface area contributed by atoms with E-state index in [0.717, 1.165) is 26.3 Å². The predicted molar refractivity (Wildman–Crippen MR) is 75.0 cm³/mol. The number of hydrogen-bond acceptors (Lipinski definition) is 4. The number of nitrogens with two attached hydrogens (primary N) is 1. The van der Waals surface area contributed by atoms with Crippen molar-refractivity contribution in [2.24, 2.45) is 5.73 Å². The van der Waals surface area contributed by atoms with Crippen molar-refractivity contribution in [1.29, 1.82) is 0 Å². The van der Waals surface area contributed by atoms with Crippen molar-refractivity contribution in [3.8, 4) is 0 Å². The van der Waals surface area contributed by atoms with Gasteiger partial charge < -0.3 is 15.4 Å². The van der Waals surface area contributed by atoms with Gasteiger partial charge in [-0.2, -0.15) is 0 Å². The first-order valence-corrected chi connectivity index (χ1v) is 6.51. The molecule has 1 aromatic carbocycles. The second-order valence-corrected chi connectivity index (χ2v) is 4.89. The Morgan fingerprint density at radius 2 is 1.83 bits per heavy atom. The van der Waals surface area contributed by atoms with E-state index in [0.29, 0.717) is 12.6 Å². The van der Waals surface area contributed by atoms with Gasteiger partial charge >= 0.3 is 0 Å². The lowest BCUT2D eigenvalue weighted by molar-refractivity contribution is 0.0179. The summed E-state index contributed by atoms with van der Waals surface area (Å²) in [6.45, 7) is 4.22. The molecule has 0 aromatic heterocycles. The molecule has 0 spiro atoms. The highest BCUT2D eigenvalue weighted by Gasteiger charge is 2.21. The highest BCUT2D eigenvalue weighted by molar-refractivity contribution is 5.46. The molecule has 1 unspecified atom stereocenters. The Morgan fingerprint density at radius 3 is 2.33 bits per heavy atom. The molecule has 1 atom stereocenters. The van der Waals surface area contributed by atoms with Crippen LogP contribution in [0.15, 0.2) is 24.3 Å². The van der Waals surface area contributed by atoms with Gasteiger partial charge in [0.05, 0.1) is 13.2 Å². The summed E-state index contributed by atoms with van der Waals surface area (Å²) in [6, 6.07) is 8.98. The Hall–Kier alpha value is -1.10.